The lowest BCUT2D eigenvalue weighted by atomic mass is 9.78. The fourth-order valence-electron chi connectivity index (χ4n) is 3.05. The average molecular weight is 241 g/mol. The zero-order valence-electron chi connectivity index (χ0n) is 10.3. The van der Waals surface area contributed by atoms with Gasteiger partial charge in [-0.2, -0.15) is 0 Å². The minimum Gasteiger partial charge on any atom is -0.481 e. The molecule has 2 bridgehead atoms. The fraction of sp³-hybridized carbons (Fsp3) is 0.833. The Morgan fingerprint density at radius 1 is 1.18 bits per heavy atom. The molecule has 0 radical (unpaired) electrons. The number of hydrogen-bond donors (Lipinski definition) is 1. The van der Waals surface area contributed by atoms with E-state index in [1.807, 2.05) is 13.8 Å². The molecular weight excluding hydrogens is 222 g/mol. The molecule has 1 N–H and O–H groups in total. The van der Waals surface area contributed by atoms with Crippen molar-refractivity contribution >= 4 is 11.9 Å². The van der Waals surface area contributed by atoms with Gasteiger partial charge in [-0.25, -0.2) is 0 Å². The molecule has 2 rings (SSSR count). The van der Waals surface area contributed by atoms with E-state index in [4.69, 9.17) is 4.74 Å². The topological polar surface area (TPSA) is 66.8 Å². The molecule has 0 aliphatic carbocycles. The lowest BCUT2D eigenvalue weighted by molar-refractivity contribution is -0.150. The summed E-state index contributed by atoms with van der Waals surface area (Å²) < 4.78 is 5.59. The van der Waals surface area contributed by atoms with Crippen LogP contribution in [0.2, 0.25) is 0 Å². The van der Waals surface area contributed by atoms with Crippen molar-refractivity contribution in [1.82, 2.24) is 4.90 Å². The molecule has 0 spiro atoms. The highest BCUT2D eigenvalue weighted by Crippen LogP contribution is 2.44. The van der Waals surface area contributed by atoms with Gasteiger partial charge in [0.2, 0.25) is 5.91 Å². The van der Waals surface area contributed by atoms with Crippen molar-refractivity contribution < 1.29 is 19.4 Å². The van der Waals surface area contributed by atoms with Crippen molar-refractivity contribution in [1.29, 1.82) is 0 Å². The SMILES string of the molecule is CCN(CC)C(=O)[C@H]1[C@@H](C(=O)O)[C@H]2CC[C@@H]1O2. The summed E-state index contributed by atoms with van der Waals surface area (Å²) >= 11 is 0. The van der Waals surface area contributed by atoms with E-state index < -0.39 is 17.8 Å². The number of nitrogens with zero attached hydrogens (tertiary/aromatic N) is 1. The van der Waals surface area contributed by atoms with Crippen LogP contribution in [-0.2, 0) is 14.3 Å². The van der Waals surface area contributed by atoms with E-state index in [-0.39, 0.29) is 18.1 Å². The summed E-state index contributed by atoms with van der Waals surface area (Å²) in [6, 6.07) is 0. The van der Waals surface area contributed by atoms with Crippen LogP contribution in [-0.4, -0.2) is 47.2 Å². The van der Waals surface area contributed by atoms with E-state index in [2.05, 4.69) is 0 Å². The Balaban J connectivity index is 2.18. The van der Waals surface area contributed by atoms with Crippen LogP contribution in [0.5, 0.6) is 0 Å². The zero-order chi connectivity index (χ0) is 12.6. The number of fused-ring (bicyclic) bond motifs is 2. The molecule has 1 amide bonds. The molecule has 2 saturated heterocycles. The fourth-order valence-corrected chi connectivity index (χ4v) is 3.05. The van der Waals surface area contributed by atoms with Crippen molar-refractivity contribution in [2.24, 2.45) is 11.8 Å². The highest BCUT2D eigenvalue weighted by molar-refractivity contribution is 5.86. The van der Waals surface area contributed by atoms with E-state index in [1.54, 1.807) is 4.90 Å². The van der Waals surface area contributed by atoms with Gasteiger partial charge in [-0.05, 0) is 26.7 Å². The summed E-state index contributed by atoms with van der Waals surface area (Å²) in [5, 5.41) is 9.23. The summed E-state index contributed by atoms with van der Waals surface area (Å²) in [6.07, 6.45) is 1.13. The van der Waals surface area contributed by atoms with Gasteiger partial charge in [-0.3, -0.25) is 9.59 Å². The molecule has 0 aromatic heterocycles. The first kappa shape index (κ1) is 12.4. The predicted octanol–water partition coefficient (Wildman–Crippen LogP) is 0.733. The van der Waals surface area contributed by atoms with Gasteiger partial charge in [0.1, 0.15) is 0 Å². The second-order valence-electron chi connectivity index (χ2n) is 4.69. The van der Waals surface area contributed by atoms with E-state index in [1.165, 1.54) is 0 Å². The van der Waals surface area contributed by atoms with Crippen LogP contribution in [0.15, 0.2) is 0 Å². The van der Waals surface area contributed by atoms with Gasteiger partial charge in [0, 0.05) is 13.1 Å². The van der Waals surface area contributed by atoms with Crippen molar-refractivity contribution in [3.63, 3.8) is 0 Å². The lowest BCUT2D eigenvalue weighted by Crippen LogP contribution is -2.45. The molecule has 5 heteroatoms. The van der Waals surface area contributed by atoms with Crippen LogP contribution in [0.1, 0.15) is 26.7 Å². The van der Waals surface area contributed by atoms with E-state index >= 15 is 0 Å². The Kier molecular flexibility index (Phi) is 3.38. The van der Waals surface area contributed by atoms with Crippen LogP contribution in [0.4, 0.5) is 0 Å². The third-order valence-corrected chi connectivity index (χ3v) is 3.92. The van der Waals surface area contributed by atoms with Gasteiger partial charge in [-0.1, -0.05) is 0 Å². The van der Waals surface area contributed by atoms with E-state index in [9.17, 15) is 14.7 Å². The summed E-state index contributed by atoms with van der Waals surface area (Å²) in [5.74, 6) is -2.09. The van der Waals surface area contributed by atoms with Crippen LogP contribution < -0.4 is 0 Å². The smallest absolute Gasteiger partial charge is 0.310 e. The highest BCUT2D eigenvalue weighted by Gasteiger charge is 2.56. The Hall–Kier alpha value is -1.10. The van der Waals surface area contributed by atoms with Crippen molar-refractivity contribution in [2.75, 3.05) is 13.1 Å². The molecule has 2 aliphatic rings. The predicted molar refractivity (Wildman–Crippen MR) is 60.4 cm³/mol. The number of aliphatic carboxylic acids is 1. The third-order valence-electron chi connectivity index (χ3n) is 3.92. The molecule has 96 valence electrons. The van der Waals surface area contributed by atoms with Crippen molar-refractivity contribution in [3.05, 3.63) is 0 Å². The molecule has 0 saturated carbocycles. The molecule has 2 heterocycles. The maximum Gasteiger partial charge on any atom is 0.310 e. The van der Waals surface area contributed by atoms with Crippen LogP contribution >= 0.6 is 0 Å². The van der Waals surface area contributed by atoms with Crippen molar-refractivity contribution in [3.8, 4) is 0 Å². The molecule has 2 fully saturated rings. The molecule has 0 unspecified atom stereocenters. The van der Waals surface area contributed by atoms with Gasteiger partial charge >= 0.3 is 5.97 Å². The molecule has 4 atom stereocenters. The molecule has 17 heavy (non-hydrogen) atoms. The minimum atomic E-state index is -0.900. The first-order valence-electron chi connectivity index (χ1n) is 6.27. The number of carbonyl (C=O) groups excluding carboxylic acids is 1. The number of rotatable bonds is 4. The number of hydrogen-bond acceptors (Lipinski definition) is 3. The Bertz CT molecular complexity index is 326. The van der Waals surface area contributed by atoms with Crippen LogP contribution in [0.3, 0.4) is 0 Å². The normalized spacial score (nSPS) is 34.9. The molecule has 0 aromatic rings. The number of carboxylic acids is 1. The minimum absolute atomic E-state index is 0.0606. The standard InChI is InChI=1S/C12H19NO4/c1-3-13(4-2)11(14)9-7-5-6-8(17-7)10(9)12(15)16/h7-10H,3-6H2,1-2H3,(H,15,16)/t7-,8+,9+,10-/m0/s1. The number of ether oxygens (including phenoxy) is 1. The largest absolute Gasteiger partial charge is 0.481 e. The Morgan fingerprint density at radius 2 is 1.71 bits per heavy atom. The van der Waals surface area contributed by atoms with E-state index in [0.29, 0.717) is 13.1 Å². The number of carboxylic acid groups (broad SMARTS) is 1. The van der Waals surface area contributed by atoms with Gasteiger partial charge in [0.25, 0.3) is 0 Å². The second-order valence-corrected chi connectivity index (χ2v) is 4.69. The highest BCUT2D eigenvalue weighted by atomic mass is 16.5. The quantitative estimate of drug-likeness (QED) is 0.788. The van der Waals surface area contributed by atoms with E-state index in [0.717, 1.165) is 12.8 Å². The van der Waals surface area contributed by atoms with Gasteiger partial charge in [0.05, 0.1) is 24.0 Å². The number of carbonyl (C=O) groups is 2. The summed E-state index contributed by atoms with van der Waals surface area (Å²) in [5.41, 5.74) is 0. The zero-order valence-corrected chi connectivity index (χ0v) is 10.3. The second kappa shape index (κ2) is 4.64. The summed E-state index contributed by atoms with van der Waals surface area (Å²) in [4.78, 5) is 25.2. The van der Waals surface area contributed by atoms with Crippen molar-refractivity contribution in [2.45, 2.75) is 38.9 Å². The molecule has 2 aliphatic heterocycles. The Labute approximate surface area is 101 Å². The van der Waals surface area contributed by atoms with Gasteiger partial charge in [-0.15, -0.1) is 0 Å². The maximum absolute atomic E-state index is 12.3. The monoisotopic (exact) mass is 241 g/mol. The number of amides is 1. The first-order chi connectivity index (χ1) is 8.10. The summed E-state index contributed by atoms with van der Waals surface area (Å²) in [7, 11) is 0. The van der Waals surface area contributed by atoms with Crippen LogP contribution in [0, 0.1) is 11.8 Å². The average Bonchev–Trinajstić information content (AvgIpc) is 2.89. The summed E-state index contributed by atoms with van der Waals surface area (Å²) in [6.45, 7) is 5.06. The lowest BCUT2D eigenvalue weighted by Gasteiger charge is -2.29. The molecular formula is C12H19NO4. The Morgan fingerprint density at radius 3 is 2.18 bits per heavy atom. The molecule has 5 nitrogen and oxygen atoms in total. The molecule has 0 aromatic carbocycles. The first-order valence-corrected chi connectivity index (χ1v) is 6.27. The van der Waals surface area contributed by atoms with Crippen LogP contribution in [0.25, 0.3) is 0 Å². The maximum atomic E-state index is 12.3. The van der Waals surface area contributed by atoms with Gasteiger partial charge in [0.15, 0.2) is 0 Å². The van der Waals surface area contributed by atoms with Gasteiger partial charge < -0.3 is 14.7 Å². The third kappa shape index (κ3) is 1.92.